The molecule has 0 bridgehead atoms. The molecule has 0 aromatic heterocycles. The molecular formula is C63H131N3O4. The molecule has 4 unspecified atom stereocenters. The number of nitrogens with zero attached hydrogens (tertiary/aromatic N) is 3. The number of unbranched alkanes of at least 4 members (excludes halogenated alkanes) is 36. The Morgan fingerprint density at radius 2 is 0.400 bits per heavy atom. The van der Waals surface area contributed by atoms with Gasteiger partial charge in [0.25, 0.3) is 0 Å². The molecule has 70 heavy (non-hydrogen) atoms. The Morgan fingerprint density at radius 1 is 0.229 bits per heavy atom. The maximum absolute atomic E-state index is 11.2. The molecule has 0 aromatic rings. The molecule has 4 atom stereocenters. The number of rotatable bonds is 60. The Kier molecular flexibility index (Phi) is 56.2. The smallest absolute Gasteiger partial charge is 0.0667 e. The van der Waals surface area contributed by atoms with E-state index in [0.717, 1.165) is 90.4 Å². The molecular weight excluding hydrogens is 863 g/mol. The van der Waals surface area contributed by atoms with Crippen molar-refractivity contribution in [2.24, 2.45) is 0 Å². The third-order valence-corrected chi connectivity index (χ3v) is 15.5. The molecule has 0 rings (SSSR count). The van der Waals surface area contributed by atoms with E-state index in [1.807, 2.05) is 0 Å². The standard InChI is InChI=1S/C63H131N3O4/c1-6-10-14-18-22-26-30-34-38-42-48-60(67)56-65(57-61(68)49-43-39-35-31-27-23-19-15-11-7-2)54-46-52-64(5)53-47-55-66(58-62(69)50-44-40-36-32-28-24-20-16-12-8-3)59-63(70)51-45-41-37-33-29-25-21-17-13-9-4/h60-63,67-70H,6-59H2,1-5H3. The highest BCUT2D eigenvalue weighted by Crippen LogP contribution is 2.18. The van der Waals surface area contributed by atoms with Gasteiger partial charge in [-0.2, -0.15) is 0 Å². The molecule has 0 heterocycles. The lowest BCUT2D eigenvalue weighted by molar-refractivity contribution is 0.0570. The summed E-state index contributed by atoms with van der Waals surface area (Å²) in [5.41, 5.74) is 0. The lowest BCUT2D eigenvalue weighted by Crippen LogP contribution is -2.40. The van der Waals surface area contributed by atoms with E-state index in [9.17, 15) is 20.4 Å². The van der Waals surface area contributed by atoms with Crippen molar-refractivity contribution in [2.75, 3.05) is 59.4 Å². The van der Waals surface area contributed by atoms with Crippen molar-refractivity contribution in [3.8, 4) is 0 Å². The van der Waals surface area contributed by atoms with E-state index in [4.69, 9.17) is 0 Å². The third-order valence-electron chi connectivity index (χ3n) is 15.5. The van der Waals surface area contributed by atoms with Crippen molar-refractivity contribution in [3.05, 3.63) is 0 Å². The lowest BCUT2D eigenvalue weighted by atomic mass is 10.0. The predicted octanol–water partition coefficient (Wildman–Crippen LogP) is 17.0. The van der Waals surface area contributed by atoms with E-state index in [0.29, 0.717) is 26.2 Å². The van der Waals surface area contributed by atoms with Gasteiger partial charge in [-0.3, -0.25) is 9.80 Å². The van der Waals surface area contributed by atoms with E-state index < -0.39 is 0 Å². The van der Waals surface area contributed by atoms with E-state index in [-0.39, 0.29) is 24.4 Å². The number of aliphatic hydroxyl groups is 4. The van der Waals surface area contributed by atoms with Crippen molar-refractivity contribution in [2.45, 2.75) is 347 Å². The summed E-state index contributed by atoms with van der Waals surface area (Å²) in [5.74, 6) is 0. The van der Waals surface area contributed by atoms with Gasteiger partial charge >= 0.3 is 0 Å². The van der Waals surface area contributed by atoms with Crippen molar-refractivity contribution in [1.29, 1.82) is 0 Å². The zero-order valence-electron chi connectivity index (χ0n) is 48.6. The van der Waals surface area contributed by atoms with Gasteiger partial charge in [0, 0.05) is 26.2 Å². The van der Waals surface area contributed by atoms with Gasteiger partial charge in [-0.1, -0.05) is 285 Å². The van der Waals surface area contributed by atoms with Crippen molar-refractivity contribution < 1.29 is 20.4 Å². The number of hydrogen-bond acceptors (Lipinski definition) is 7. The van der Waals surface area contributed by atoms with Gasteiger partial charge in [0.2, 0.25) is 0 Å². The summed E-state index contributed by atoms with van der Waals surface area (Å²) in [6.45, 7) is 15.6. The van der Waals surface area contributed by atoms with Crippen LogP contribution in [0.3, 0.4) is 0 Å². The van der Waals surface area contributed by atoms with Gasteiger partial charge in [-0.15, -0.1) is 0 Å². The highest BCUT2D eigenvalue weighted by molar-refractivity contribution is 4.73. The van der Waals surface area contributed by atoms with Crippen LogP contribution in [0.4, 0.5) is 0 Å². The predicted molar refractivity (Wildman–Crippen MR) is 309 cm³/mol. The minimum atomic E-state index is -0.330. The first-order chi connectivity index (χ1) is 34.2. The largest absolute Gasteiger partial charge is 0.392 e. The van der Waals surface area contributed by atoms with Gasteiger partial charge in [-0.05, 0) is 71.8 Å². The summed E-state index contributed by atoms with van der Waals surface area (Å²) in [7, 11) is 2.23. The Bertz CT molecular complexity index is 836. The van der Waals surface area contributed by atoms with Crippen molar-refractivity contribution in [3.63, 3.8) is 0 Å². The van der Waals surface area contributed by atoms with Gasteiger partial charge < -0.3 is 25.3 Å². The van der Waals surface area contributed by atoms with Gasteiger partial charge in [-0.25, -0.2) is 0 Å². The molecule has 0 fully saturated rings. The SMILES string of the molecule is CCCCCCCCCCCCC(O)CN(CCCN(C)CCCN(CC(O)CCCCCCCCCCCC)CC(O)CCCCCCCCCCCC)CC(O)CCCCCCCCCCCC. The maximum Gasteiger partial charge on any atom is 0.0667 e. The summed E-state index contributed by atoms with van der Waals surface area (Å²) < 4.78 is 0. The van der Waals surface area contributed by atoms with Crippen LogP contribution < -0.4 is 0 Å². The molecule has 0 spiro atoms. The molecule has 0 radical (unpaired) electrons. The number of hydrogen-bond donors (Lipinski definition) is 4. The molecule has 7 heteroatoms. The minimum absolute atomic E-state index is 0.330. The molecule has 0 aliphatic carbocycles. The van der Waals surface area contributed by atoms with Gasteiger partial charge in [0.05, 0.1) is 24.4 Å². The average molecular weight is 995 g/mol. The molecule has 0 saturated carbocycles. The topological polar surface area (TPSA) is 90.6 Å². The average Bonchev–Trinajstić information content (AvgIpc) is 3.33. The van der Waals surface area contributed by atoms with Gasteiger partial charge in [0.15, 0.2) is 0 Å². The Balaban J connectivity index is 5.02. The highest BCUT2D eigenvalue weighted by Gasteiger charge is 2.18. The summed E-state index contributed by atoms with van der Waals surface area (Å²) in [6.07, 6.45) is 56.6. The second-order valence-corrected chi connectivity index (χ2v) is 23.0. The van der Waals surface area contributed by atoms with Crippen LogP contribution in [0.2, 0.25) is 0 Å². The van der Waals surface area contributed by atoms with Crippen LogP contribution >= 0.6 is 0 Å². The first-order valence-corrected chi connectivity index (χ1v) is 32.1. The Labute approximate surface area is 440 Å². The lowest BCUT2D eigenvalue weighted by Gasteiger charge is -2.29. The second-order valence-electron chi connectivity index (χ2n) is 23.0. The fourth-order valence-electron chi connectivity index (χ4n) is 10.8. The molecule has 0 aliphatic rings. The molecule has 4 N–H and O–H groups in total. The van der Waals surface area contributed by atoms with Crippen LogP contribution in [-0.4, -0.2) is 119 Å². The summed E-state index contributed by atoms with van der Waals surface area (Å²) in [4.78, 5) is 7.17. The molecule has 0 saturated heterocycles. The summed E-state index contributed by atoms with van der Waals surface area (Å²) in [6, 6.07) is 0. The van der Waals surface area contributed by atoms with Crippen molar-refractivity contribution in [1.82, 2.24) is 14.7 Å². The van der Waals surface area contributed by atoms with Gasteiger partial charge in [0.1, 0.15) is 0 Å². The fraction of sp³-hybridized carbons (Fsp3) is 1.00. The number of aliphatic hydroxyl groups excluding tert-OH is 4. The minimum Gasteiger partial charge on any atom is -0.392 e. The van der Waals surface area contributed by atoms with Crippen LogP contribution in [-0.2, 0) is 0 Å². The van der Waals surface area contributed by atoms with Crippen LogP contribution in [0.5, 0.6) is 0 Å². The fourth-order valence-corrected chi connectivity index (χ4v) is 10.8. The summed E-state index contributed by atoms with van der Waals surface area (Å²) in [5, 5.41) is 44.8. The van der Waals surface area contributed by atoms with Crippen LogP contribution in [0, 0.1) is 0 Å². The normalized spacial score (nSPS) is 13.9. The van der Waals surface area contributed by atoms with E-state index in [1.54, 1.807) is 0 Å². The Morgan fingerprint density at radius 3 is 0.586 bits per heavy atom. The molecule has 7 nitrogen and oxygen atoms in total. The molecule has 422 valence electrons. The van der Waals surface area contributed by atoms with E-state index in [2.05, 4.69) is 49.4 Å². The summed E-state index contributed by atoms with van der Waals surface area (Å²) >= 11 is 0. The highest BCUT2D eigenvalue weighted by atomic mass is 16.3. The zero-order chi connectivity index (χ0) is 51.2. The van der Waals surface area contributed by atoms with Crippen molar-refractivity contribution >= 4 is 0 Å². The maximum atomic E-state index is 11.2. The quantitative estimate of drug-likeness (QED) is 0.0451. The monoisotopic (exact) mass is 994 g/mol. The van der Waals surface area contributed by atoms with Crippen LogP contribution in [0.15, 0.2) is 0 Å². The zero-order valence-corrected chi connectivity index (χ0v) is 48.6. The van der Waals surface area contributed by atoms with Crippen LogP contribution in [0.1, 0.15) is 323 Å². The molecule has 0 aliphatic heterocycles. The second kappa shape index (κ2) is 56.4. The van der Waals surface area contributed by atoms with Crippen LogP contribution in [0.25, 0.3) is 0 Å². The first kappa shape index (κ1) is 69.7. The third kappa shape index (κ3) is 52.6. The molecule has 0 aromatic carbocycles. The Hall–Kier alpha value is -0.280. The molecule has 0 amide bonds. The first-order valence-electron chi connectivity index (χ1n) is 32.1. The van der Waals surface area contributed by atoms with E-state index >= 15 is 0 Å². The van der Waals surface area contributed by atoms with E-state index in [1.165, 1.54) is 231 Å².